The van der Waals surface area contributed by atoms with Crippen molar-refractivity contribution in [3.8, 4) is 11.5 Å². The van der Waals surface area contributed by atoms with Crippen LogP contribution in [-0.2, 0) is 16.6 Å². The molecule has 0 N–H and O–H groups in total. The summed E-state index contributed by atoms with van der Waals surface area (Å²) in [5.74, 6) is 0.806. The number of methoxy groups -OCH3 is 2. The minimum Gasteiger partial charge on any atom is -0.496 e. The lowest BCUT2D eigenvalue weighted by Crippen LogP contribution is -2.32. The number of nitrogens with zero attached hydrogens (tertiary/aromatic N) is 2. The minimum absolute atomic E-state index is 0.0591. The van der Waals surface area contributed by atoms with E-state index in [9.17, 15) is 13.2 Å². The molecule has 1 fully saturated rings. The van der Waals surface area contributed by atoms with Gasteiger partial charge in [0.05, 0.1) is 24.7 Å². The zero-order chi connectivity index (χ0) is 22.4. The quantitative estimate of drug-likeness (QED) is 0.650. The standard InChI is InChI=1S/C23H30N2O5S/c1-24(17-18-10-6-7-11-21(18)29-2)31(27,28)19-12-13-22(30-3)20(16-19)23(26)25-14-8-4-5-9-15-25/h6-7,10-13,16H,4-5,8-9,14-15,17H2,1-3H3. The van der Waals surface area contributed by atoms with Crippen molar-refractivity contribution in [1.29, 1.82) is 0 Å². The van der Waals surface area contributed by atoms with Crippen molar-refractivity contribution in [2.24, 2.45) is 0 Å². The molecule has 0 unspecified atom stereocenters. The predicted octanol–water partition coefficient (Wildman–Crippen LogP) is 3.54. The fourth-order valence-corrected chi connectivity index (χ4v) is 4.97. The van der Waals surface area contributed by atoms with Gasteiger partial charge in [-0.25, -0.2) is 8.42 Å². The van der Waals surface area contributed by atoms with Crippen molar-refractivity contribution in [3.05, 3.63) is 53.6 Å². The van der Waals surface area contributed by atoms with Crippen LogP contribution < -0.4 is 9.47 Å². The highest BCUT2D eigenvalue weighted by Crippen LogP contribution is 2.28. The summed E-state index contributed by atoms with van der Waals surface area (Å²) in [6, 6.07) is 11.8. The predicted molar refractivity (Wildman–Crippen MR) is 119 cm³/mol. The fraction of sp³-hybridized carbons (Fsp3) is 0.435. The van der Waals surface area contributed by atoms with Crippen molar-refractivity contribution < 1.29 is 22.7 Å². The molecule has 1 saturated heterocycles. The Hall–Kier alpha value is -2.58. The van der Waals surface area contributed by atoms with Gasteiger partial charge in [-0.05, 0) is 37.1 Å². The van der Waals surface area contributed by atoms with Gasteiger partial charge >= 0.3 is 0 Å². The van der Waals surface area contributed by atoms with Gasteiger partial charge in [0.1, 0.15) is 11.5 Å². The summed E-state index contributed by atoms with van der Waals surface area (Å²) in [7, 11) is 0.722. The van der Waals surface area contributed by atoms with Crippen molar-refractivity contribution in [3.63, 3.8) is 0 Å². The molecule has 1 heterocycles. The molecule has 0 radical (unpaired) electrons. The molecule has 1 amide bonds. The maximum absolute atomic E-state index is 13.3. The number of sulfonamides is 1. The average molecular weight is 447 g/mol. The van der Waals surface area contributed by atoms with Gasteiger partial charge in [0.25, 0.3) is 5.91 Å². The zero-order valence-electron chi connectivity index (χ0n) is 18.3. The summed E-state index contributed by atoms with van der Waals surface area (Å²) in [6.45, 7) is 1.49. The highest BCUT2D eigenvalue weighted by atomic mass is 32.2. The van der Waals surface area contributed by atoms with E-state index in [4.69, 9.17) is 9.47 Å². The number of rotatable bonds is 7. The summed E-state index contributed by atoms with van der Waals surface area (Å²) < 4.78 is 38.5. The lowest BCUT2D eigenvalue weighted by atomic mass is 10.1. The molecule has 31 heavy (non-hydrogen) atoms. The molecule has 1 aliphatic heterocycles. The molecule has 3 rings (SSSR count). The van der Waals surface area contributed by atoms with Crippen molar-refractivity contribution in [2.75, 3.05) is 34.4 Å². The van der Waals surface area contributed by atoms with E-state index in [1.54, 1.807) is 24.1 Å². The topological polar surface area (TPSA) is 76.1 Å². The van der Waals surface area contributed by atoms with Crippen molar-refractivity contribution >= 4 is 15.9 Å². The van der Waals surface area contributed by atoms with Crippen LogP contribution in [0.15, 0.2) is 47.4 Å². The third-order valence-corrected chi connectivity index (χ3v) is 7.39. The van der Waals surface area contributed by atoms with Gasteiger partial charge in [0.2, 0.25) is 10.0 Å². The van der Waals surface area contributed by atoms with Crippen LogP contribution in [0.25, 0.3) is 0 Å². The SMILES string of the molecule is COc1ccccc1CN(C)S(=O)(=O)c1ccc(OC)c(C(=O)N2CCCCCC2)c1. The fourth-order valence-electron chi connectivity index (χ4n) is 3.80. The molecule has 8 heteroatoms. The number of benzene rings is 2. The number of carbonyl (C=O) groups is 1. The number of ether oxygens (including phenoxy) is 2. The van der Waals surface area contributed by atoms with Crippen molar-refractivity contribution in [1.82, 2.24) is 9.21 Å². The van der Waals surface area contributed by atoms with Crippen LogP contribution >= 0.6 is 0 Å². The first kappa shape index (κ1) is 23.1. The normalized spacial score (nSPS) is 14.9. The summed E-state index contributed by atoms with van der Waals surface area (Å²) >= 11 is 0. The molecule has 1 aliphatic rings. The molecule has 0 atom stereocenters. The summed E-state index contributed by atoms with van der Waals surface area (Å²) in [6.07, 6.45) is 4.10. The molecule has 0 bridgehead atoms. The molecular weight excluding hydrogens is 416 g/mol. The van der Waals surface area contributed by atoms with Gasteiger partial charge < -0.3 is 14.4 Å². The van der Waals surface area contributed by atoms with Crippen LogP contribution in [0.2, 0.25) is 0 Å². The first-order valence-corrected chi connectivity index (χ1v) is 11.9. The van der Waals surface area contributed by atoms with Crippen LogP contribution in [0.5, 0.6) is 11.5 Å². The second-order valence-electron chi connectivity index (χ2n) is 7.64. The van der Waals surface area contributed by atoms with E-state index in [0.717, 1.165) is 31.2 Å². The molecule has 2 aromatic carbocycles. The highest BCUT2D eigenvalue weighted by molar-refractivity contribution is 7.89. The Bertz CT molecular complexity index is 1010. The Morgan fingerprint density at radius 1 is 0.968 bits per heavy atom. The Labute approximate surface area is 184 Å². The maximum atomic E-state index is 13.3. The smallest absolute Gasteiger partial charge is 0.257 e. The number of hydrogen-bond acceptors (Lipinski definition) is 5. The van der Waals surface area contributed by atoms with Crippen molar-refractivity contribution in [2.45, 2.75) is 37.1 Å². The first-order valence-electron chi connectivity index (χ1n) is 10.4. The van der Waals surface area contributed by atoms with Gasteiger partial charge in [0, 0.05) is 32.2 Å². The highest BCUT2D eigenvalue weighted by Gasteiger charge is 2.27. The van der Waals surface area contributed by atoms with Crippen LogP contribution in [0.1, 0.15) is 41.6 Å². The number of likely N-dealkylation sites (tertiary alicyclic amines) is 1. The van der Waals surface area contributed by atoms with Crippen LogP contribution in [0.3, 0.4) is 0 Å². The van der Waals surface area contributed by atoms with Crippen LogP contribution in [0.4, 0.5) is 0 Å². The number of para-hydroxylation sites is 1. The largest absolute Gasteiger partial charge is 0.496 e. The Morgan fingerprint density at radius 3 is 2.26 bits per heavy atom. The van der Waals surface area contributed by atoms with Crippen LogP contribution in [0, 0.1) is 0 Å². The second-order valence-corrected chi connectivity index (χ2v) is 9.69. The molecule has 0 saturated carbocycles. The Morgan fingerprint density at radius 2 is 1.61 bits per heavy atom. The molecule has 0 aliphatic carbocycles. The van der Waals surface area contributed by atoms with E-state index in [1.165, 1.54) is 30.6 Å². The lowest BCUT2D eigenvalue weighted by Gasteiger charge is -2.23. The van der Waals surface area contributed by atoms with E-state index in [2.05, 4.69) is 0 Å². The number of carbonyl (C=O) groups excluding carboxylic acids is 1. The number of amides is 1. The molecule has 0 aromatic heterocycles. The maximum Gasteiger partial charge on any atom is 0.257 e. The minimum atomic E-state index is -3.83. The van der Waals surface area contributed by atoms with Gasteiger partial charge in [-0.2, -0.15) is 4.31 Å². The molecule has 7 nitrogen and oxygen atoms in total. The average Bonchev–Trinajstić information content (AvgIpc) is 3.08. The van der Waals surface area contributed by atoms with E-state index < -0.39 is 10.0 Å². The van der Waals surface area contributed by atoms with Gasteiger partial charge in [0.15, 0.2) is 0 Å². The Kier molecular flexibility index (Phi) is 7.56. The Balaban J connectivity index is 1.90. The van der Waals surface area contributed by atoms with E-state index in [0.29, 0.717) is 24.6 Å². The van der Waals surface area contributed by atoms with E-state index in [1.807, 2.05) is 18.2 Å². The van der Waals surface area contributed by atoms with E-state index >= 15 is 0 Å². The van der Waals surface area contributed by atoms with Gasteiger partial charge in [-0.1, -0.05) is 31.0 Å². The summed E-state index contributed by atoms with van der Waals surface area (Å²) in [4.78, 5) is 15.0. The molecular formula is C23H30N2O5S. The molecule has 0 spiro atoms. The van der Waals surface area contributed by atoms with E-state index in [-0.39, 0.29) is 22.9 Å². The number of hydrogen-bond donors (Lipinski definition) is 0. The van der Waals surface area contributed by atoms with Crippen LogP contribution in [-0.4, -0.2) is 57.9 Å². The third kappa shape index (κ3) is 5.19. The zero-order valence-corrected chi connectivity index (χ0v) is 19.2. The summed E-state index contributed by atoms with van der Waals surface area (Å²) in [5.41, 5.74) is 1.03. The van der Waals surface area contributed by atoms with Gasteiger partial charge in [-0.15, -0.1) is 0 Å². The van der Waals surface area contributed by atoms with Gasteiger partial charge in [-0.3, -0.25) is 4.79 Å². The first-order chi connectivity index (χ1) is 14.9. The molecule has 2 aromatic rings. The monoisotopic (exact) mass is 446 g/mol. The second kappa shape index (κ2) is 10.2. The molecule has 168 valence electrons. The third-order valence-electron chi connectivity index (χ3n) is 5.59. The summed E-state index contributed by atoms with van der Waals surface area (Å²) in [5, 5.41) is 0. The lowest BCUT2D eigenvalue weighted by molar-refractivity contribution is 0.0758.